The molecule has 0 N–H and O–H groups in total. The average Bonchev–Trinajstić information content (AvgIpc) is 3.43. The fourth-order valence-corrected chi connectivity index (χ4v) is 10.7. The maximum atomic E-state index is 5.62. The van der Waals surface area contributed by atoms with Gasteiger partial charge >= 0.3 is 0 Å². The maximum Gasteiger partial charge on any atom is 0.163 e. The number of nitrogens with zero attached hydrogens (tertiary/aromatic N) is 6. The van der Waals surface area contributed by atoms with Gasteiger partial charge in [-0.05, 0) is 67.8 Å². The summed E-state index contributed by atoms with van der Waals surface area (Å²) in [5.41, 5.74) is 12.6. The number of hydrogen-bond donors (Lipinski definition) is 0. The second-order valence-electron chi connectivity index (χ2n) is 17.4. The van der Waals surface area contributed by atoms with E-state index in [9.17, 15) is 0 Å². The van der Waals surface area contributed by atoms with Crippen LogP contribution in [0.15, 0.2) is 243 Å². The predicted molar refractivity (Wildman–Crippen MR) is 270 cm³/mol. The molecule has 0 radical (unpaired) electrons. The van der Waals surface area contributed by atoms with Gasteiger partial charge in [-0.3, -0.25) is 0 Å². The van der Waals surface area contributed by atoms with Crippen LogP contribution < -0.4 is 0 Å². The molecule has 3 aliphatic carbocycles. The molecule has 0 amide bonds. The molecule has 9 aromatic carbocycles. The Morgan fingerprint density at radius 1 is 0.191 bits per heavy atom. The molecule has 2 heterocycles. The van der Waals surface area contributed by atoms with Gasteiger partial charge in [0.1, 0.15) is 10.8 Å². The number of benzene rings is 9. The van der Waals surface area contributed by atoms with Crippen molar-refractivity contribution in [3.8, 4) is 67.8 Å². The van der Waals surface area contributed by atoms with Gasteiger partial charge in [0, 0.05) is 22.3 Å². The van der Waals surface area contributed by atoms with Crippen molar-refractivity contribution in [3.05, 3.63) is 288 Å². The lowest BCUT2D eigenvalue weighted by atomic mass is 9.46. The summed E-state index contributed by atoms with van der Waals surface area (Å²) in [6, 6.07) is 84.7. The van der Waals surface area contributed by atoms with E-state index in [1.54, 1.807) is 0 Å². The van der Waals surface area contributed by atoms with Gasteiger partial charge in [0.25, 0.3) is 0 Å². The van der Waals surface area contributed by atoms with Gasteiger partial charge in [0.05, 0.1) is 0 Å². The van der Waals surface area contributed by atoms with Crippen LogP contribution in [0.1, 0.15) is 45.0 Å². The molecule has 0 saturated heterocycles. The molecule has 0 fully saturated rings. The van der Waals surface area contributed by atoms with Crippen LogP contribution in [-0.4, -0.2) is 29.9 Å². The third-order valence-electron chi connectivity index (χ3n) is 13.7. The highest BCUT2D eigenvalue weighted by Crippen LogP contribution is 2.65. The smallest absolute Gasteiger partial charge is 0.163 e. The quantitative estimate of drug-likeness (QED) is 0.151. The molecule has 0 atom stereocenters. The van der Waals surface area contributed by atoms with Gasteiger partial charge in [-0.15, -0.1) is 0 Å². The molecular formula is C62H40N6. The standard InChI is InChI=1S/C62H40N6/c1-5-21-41(22-6-1)45-29-19-31-47(39-45)57-63-55(43-25-9-3-10-26-43)65-59(67-57)61-49-33-13-16-36-52(49)62(53-37-17-14-34-50(53)61,54-38-18-15-35-51(54)61)60-66-56(44-27-11-4-12-28-44)64-58(68-60)48-32-20-30-46(40-48)42-23-7-2-8-24-42/h1-40H. The molecule has 0 unspecified atom stereocenters. The molecule has 0 aliphatic heterocycles. The Morgan fingerprint density at radius 2 is 0.426 bits per heavy atom. The van der Waals surface area contributed by atoms with E-state index in [2.05, 4.69) is 194 Å². The second kappa shape index (κ2) is 15.9. The highest BCUT2D eigenvalue weighted by molar-refractivity contribution is 5.82. The molecule has 0 saturated carbocycles. The number of hydrogen-bond acceptors (Lipinski definition) is 6. The Labute approximate surface area is 394 Å². The van der Waals surface area contributed by atoms with Crippen LogP contribution in [0.4, 0.5) is 0 Å². The van der Waals surface area contributed by atoms with Crippen LogP contribution in [0.5, 0.6) is 0 Å². The lowest BCUT2D eigenvalue weighted by Crippen LogP contribution is -2.53. The number of aromatic nitrogens is 6. The molecule has 318 valence electrons. The van der Waals surface area contributed by atoms with Crippen molar-refractivity contribution in [1.29, 1.82) is 0 Å². The van der Waals surface area contributed by atoms with Gasteiger partial charge in [0.2, 0.25) is 0 Å². The Balaban J connectivity index is 1.10. The lowest BCUT2D eigenvalue weighted by molar-refractivity contribution is 0.517. The first-order valence-electron chi connectivity index (χ1n) is 23.0. The van der Waals surface area contributed by atoms with E-state index in [1.807, 2.05) is 48.5 Å². The monoisotopic (exact) mass is 868 g/mol. The van der Waals surface area contributed by atoms with Crippen molar-refractivity contribution in [1.82, 2.24) is 29.9 Å². The fraction of sp³-hybridized carbons (Fsp3) is 0.0323. The van der Waals surface area contributed by atoms with Crippen LogP contribution in [0.25, 0.3) is 67.8 Å². The van der Waals surface area contributed by atoms with Crippen LogP contribution in [0, 0.1) is 0 Å². The van der Waals surface area contributed by atoms with Gasteiger partial charge in [-0.1, -0.05) is 231 Å². The molecule has 68 heavy (non-hydrogen) atoms. The Kier molecular flexibility index (Phi) is 9.18. The van der Waals surface area contributed by atoms with Crippen molar-refractivity contribution < 1.29 is 0 Å². The zero-order valence-corrected chi connectivity index (χ0v) is 36.8. The van der Waals surface area contributed by atoms with Gasteiger partial charge in [-0.2, -0.15) is 0 Å². The Morgan fingerprint density at radius 3 is 0.735 bits per heavy atom. The minimum Gasteiger partial charge on any atom is -0.211 e. The van der Waals surface area contributed by atoms with Crippen LogP contribution in [0.3, 0.4) is 0 Å². The van der Waals surface area contributed by atoms with E-state index in [1.165, 1.54) is 0 Å². The largest absolute Gasteiger partial charge is 0.211 e. The summed E-state index contributed by atoms with van der Waals surface area (Å²) in [4.78, 5) is 32.9. The lowest BCUT2D eigenvalue weighted by Gasteiger charge is -2.55. The summed E-state index contributed by atoms with van der Waals surface area (Å²) in [5, 5.41) is 0. The summed E-state index contributed by atoms with van der Waals surface area (Å²) in [6.07, 6.45) is 0. The van der Waals surface area contributed by atoms with Crippen molar-refractivity contribution in [3.63, 3.8) is 0 Å². The Hall–Kier alpha value is -9.00. The topological polar surface area (TPSA) is 77.3 Å². The first kappa shape index (κ1) is 39.4. The molecule has 14 rings (SSSR count). The summed E-state index contributed by atoms with van der Waals surface area (Å²) in [6.45, 7) is 0. The summed E-state index contributed by atoms with van der Waals surface area (Å²) in [7, 11) is 0. The predicted octanol–water partition coefficient (Wildman–Crippen LogP) is 13.5. The minimum absolute atomic E-state index is 0.600. The second-order valence-corrected chi connectivity index (χ2v) is 17.4. The summed E-state index contributed by atoms with van der Waals surface area (Å²) < 4.78 is 0. The van der Waals surface area contributed by atoms with Crippen molar-refractivity contribution in [2.75, 3.05) is 0 Å². The van der Waals surface area contributed by atoms with Crippen LogP contribution in [0.2, 0.25) is 0 Å². The van der Waals surface area contributed by atoms with Crippen molar-refractivity contribution in [2.24, 2.45) is 0 Å². The highest BCUT2D eigenvalue weighted by atomic mass is 15.1. The minimum atomic E-state index is -0.952. The third kappa shape index (κ3) is 6.04. The van der Waals surface area contributed by atoms with E-state index >= 15 is 0 Å². The maximum absolute atomic E-state index is 5.62. The van der Waals surface area contributed by atoms with E-state index in [0.29, 0.717) is 34.9 Å². The molecule has 0 spiro atoms. The van der Waals surface area contributed by atoms with Gasteiger partial charge < -0.3 is 0 Å². The van der Waals surface area contributed by atoms with Crippen molar-refractivity contribution >= 4 is 0 Å². The number of rotatable bonds is 8. The molecule has 3 aliphatic rings. The zero-order chi connectivity index (χ0) is 45.1. The van der Waals surface area contributed by atoms with Gasteiger partial charge in [-0.25, -0.2) is 29.9 Å². The van der Waals surface area contributed by atoms with Gasteiger partial charge in [0.15, 0.2) is 34.9 Å². The van der Waals surface area contributed by atoms with E-state index < -0.39 is 10.8 Å². The average molecular weight is 869 g/mol. The summed E-state index contributed by atoms with van der Waals surface area (Å²) in [5.74, 6) is 3.70. The zero-order valence-electron chi connectivity index (χ0n) is 36.8. The molecule has 11 aromatic rings. The van der Waals surface area contributed by atoms with E-state index in [-0.39, 0.29) is 0 Å². The molecule has 2 bridgehead atoms. The van der Waals surface area contributed by atoms with Crippen LogP contribution in [-0.2, 0) is 10.8 Å². The molecule has 6 nitrogen and oxygen atoms in total. The molecule has 6 heteroatoms. The molecule has 2 aromatic heterocycles. The SMILES string of the molecule is c1ccc(-c2cccc(-c3nc(-c4ccccc4)nc(C45c6ccccc6C(c6nc(-c7ccccc7)nc(-c7cccc(-c8ccccc8)c7)n6)(c6ccccc64)c4ccccc45)n3)c2)cc1. The fourth-order valence-electron chi connectivity index (χ4n) is 10.7. The molecular weight excluding hydrogens is 829 g/mol. The normalized spacial score (nSPS) is 16.4. The van der Waals surface area contributed by atoms with E-state index in [0.717, 1.165) is 77.9 Å². The van der Waals surface area contributed by atoms with Crippen molar-refractivity contribution in [2.45, 2.75) is 10.8 Å². The highest BCUT2D eigenvalue weighted by Gasteiger charge is 2.62. The first-order chi connectivity index (χ1) is 33.7. The third-order valence-corrected chi connectivity index (χ3v) is 13.7. The van der Waals surface area contributed by atoms with Crippen LogP contribution >= 0.6 is 0 Å². The summed E-state index contributed by atoms with van der Waals surface area (Å²) >= 11 is 0. The Bertz CT molecular complexity index is 3330. The van der Waals surface area contributed by atoms with E-state index in [4.69, 9.17) is 29.9 Å². The first-order valence-corrected chi connectivity index (χ1v) is 23.0.